The van der Waals surface area contributed by atoms with Crippen LogP contribution in [0.1, 0.15) is 60.9 Å². The minimum Gasteiger partial charge on any atom is -0.493 e. The summed E-state index contributed by atoms with van der Waals surface area (Å²) in [6.45, 7) is 4.56. The number of amides is 1. The molecule has 152 valence electrons. The van der Waals surface area contributed by atoms with Crippen LogP contribution in [0.3, 0.4) is 0 Å². The van der Waals surface area contributed by atoms with Crippen LogP contribution < -0.4 is 14.8 Å². The van der Waals surface area contributed by atoms with Crippen LogP contribution in [-0.2, 0) is 6.42 Å². The van der Waals surface area contributed by atoms with Crippen LogP contribution in [0.15, 0.2) is 24.8 Å². The van der Waals surface area contributed by atoms with Crippen LogP contribution in [0, 0.1) is 23.2 Å². The van der Waals surface area contributed by atoms with Crippen molar-refractivity contribution in [1.82, 2.24) is 5.32 Å². The fourth-order valence-corrected chi connectivity index (χ4v) is 6.62. The number of rotatable bonds is 8. The molecule has 0 atom stereocenters. The molecule has 1 aromatic rings. The highest BCUT2D eigenvalue weighted by Gasteiger charge is 2.50. The molecule has 1 aromatic carbocycles. The summed E-state index contributed by atoms with van der Waals surface area (Å²) in [5.74, 6) is 4.09. The van der Waals surface area contributed by atoms with Crippen molar-refractivity contribution in [1.29, 1.82) is 0 Å². The molecule has 4 fully saturated rings. The first-order chi connectivity index (χ1) is 13.6. The summed E-state index contributed by atoms with van der Waals surface area (Å²) in [5.41, 5.74) is 2.04. The normalized spacial score (nSPS) is 30.1. The van der Waals surface area contributed by atoms with Crippen molar-refractivity contribution in [2.24, 2.45) is 23.2 Å². The Morgan fingerprint density at radius 1 is 1.14 bits per heavy atom. The zero-order valence-electron chi connectivity index (χ0n) is 17.3. The Bertz CT molecular complexity index is 719. The number of hydrogen-bond acceptors (Lipinski definition) is 3. The molecule has 4 aliphatic rings. The zero-order valence-corrected chi connectivity index (χ0v) is 17.3. The van der Waals surface area contributed by atoms with Crippen LogP contribution in [0.5, 0.6) is 11.5 Å². The van der Waals surface area contributed by atoms with E-state index in [-0.39, 0.29) is 5.91 Å². The molecule has 1 N–H and O–H groups in total. The molecule has 0 radical (unpaired) electrons. The predicted molar refractivity (Wildman–Crippen MR) is 111 cm³/mol. The second-order valence-corrected chi connectivity index (χ2v) is 9.29. The molecule has 4 heteroatoms. The maximum atomic E-state index is 12.8. The van der Waals surface area contributed by atoms with Gasteiger partial charge < -0.3 is 14.8 Å². The van der Waals surface area contributed by atoms with E-state index in [0.29, 0.717) is 28.9 Å². The third kappa shape index (κ3) is 3.66. The summed E-state index contributed by atoms with van der Waals surface area (Å²) in [6.07, 6.45) is 12.1. The predicted octanol–water partition coefficient (Wildman–Crippen LogP) is 4.77. The van der Waals surface area contributed by atoms with Crippen molar-refractivity contribution in [3.63, 3.8) is 0 Å². The Hall–Kier alpha value is -1.97. The summed E-state index contributed by atoms with van der Waals surface area (Å²) in [7, 11) is 3.22. The maximum Gasteiger partial charge on any atom is 0.251 e. The van der Waals surface area contributed by atoms with E-state index in [0.717, 1.165) is 36.3 Å². The molecule has 4 saturated carbocycles. The molecule has 4 bridgehead atoms. The van der Waals surface area contributed by atoms with Crippen LogP contribution in [0.2, 0.25) is 0 Å². The number of hydrogen-bond donors (Lipinski definition) is 1. The van der Waals surface area contributed by atoms with E-state index in [9.17, 15) is 4.79 Å². The van der Waals surface area contributed by atoms with Crippen LogP contribution in [0.4, 0.5) is 0 Å². The lowest BCUT2D eigenvalue weighted by atomic mass is 9.49. The first kappa shape index (κ1) is 19.4. The average molecular weight is 384 g/mol. The lowest BCUT2D eigenvalue weighted by Gasteiger charge is -2.57. The Kier molecular flexibility index (Phi) is 5.39. The lowest BCUT2D eigenvalue weighted by molar-refractivity contribution is -0.0564. The van der Waals surface area contributed by atoms with Gasteiger partial charge in [-0.3, -0.25) is 4.79 Å². The highest BCUT2D eigenvalue weighted by Crippen LogP contribution is 2.61. The minimum atomic E-state index is -0.0315. The molecule has 4 nitrogen and oxygen atoms in total. The second-order valence-electron chi connectivity index (χ2n) is 9.29. The molecule has 0 aromatic heterocycles. The average Bonchev–Trinajstić information content (AvgIpc) is 2.66. The maximum absolute atomic E-state index is 12.8. The molecule has 1 amide bonds. The van der Waals surface area contributed by atoms with E-state index in [1.54, 1.807) is 20.3 Å². The van der Waals surface area contributed by atoms with E-state index in [1.165, 1.54) is 38.5 Å². The van der Waals surface area contributed by atoms with Gasteiger partial charge in [-0.05, 0) is 86.7 Å². The molecular formula is C24H33NO3. The number of nitrogens with one attached hydrogen (secondary N) is 1. The van der Waals surface area contributed by atoms with Crippen molar-refractivity contribution in [2.45, 2.75) is 51.4 Å². The molecule has 0 spiro atoms. The van der Waals surface area contributed by atoms with Crippen LogP contribution in [-0.4, -0.2) is 26.7 Å². The van der Waals surface area contributed by atoms with Crippen molar-refractivity contribution in [3.8, 4) is 11.5 Å². The van der Waals surface area contributed by atoms with Gasteiger partial charge in [0.15, 0.2) is 11.5 Å². The van der Waals surface area contributed by atoms with Crippen molar-refractivity contribution < 1.29 is 14.3 Å². The molecule has 5 rings (SSSR count). The number of allylic oxidation sites excluding steroid dienone is 1. The third-order valence-corrected chi connectivity index (χ3v) is 7.29. The number of methoxy groups -OCH3 is 2. The molecule has 28 heavy (non-hydrogen) atoms. The van der Waals surface area contributed by atoms with E-state index in [2.05, 4.69) is 11.9 Å². The largest absolute Gasteiger partial charge is 0.493 e. The van der Waals surface area contributed by atoms with E-state index >= 15 is 0 Å². The highest BCUT2D eigenvalue weighted by atomic mass is 16.5. The SMILES string of the molecule is C=CCc1cc(C(=O)NCCC23CC4CC(CC(C4)C2)C3)cc(OC)c1OC. The fourth-order valence-electron chi connectivity index (χ4n) is 6.62. The number of carbonyl (C=O) groups excluding carboxylic acids is 1. The standard InChI is InChI=1S/C24H33NO3/c1-4-5-19-11-20(12-21(27-2)22(19)28-3)23(26)25-7-6-24-13-16-8-17(14-24)10-18(9-16)15-24/h4,11-12,16-18H,1,5-10,13-15H2,2-3H3,(H,25,26). The van der Waals surface area contributed by atoms with Gasteiger partial charge >= 0.3 is 0 Å². The van der Waals surface area contributed by atoms with Crippen molar-refractivity contribution in [3.05, 3.63) is 35.9 Å². The van der Waals surface area contributed by atoms with E-state index < -0.39 is 0 Å². The number of ether oxygens (including phenoxy) is 2. The van der Waals surface area contributed by atoms with Crippen LogP contribution in [0.25, 0.3) is 0 Å². The summed E-state index contributed by atoms with van der Waals surface area (Å²) in [5, 5.41) is 3.17. The van der Waals surface area contributed by atoms with Gasteiger partial charge in [0, 0.05) is 17.7 Å². The summed E-state index contributed by atoms with van der Waals surface area (Å²) in [4.78, 5) is 12.8. The van der Waals surface area contributed by atoms with Gasteiger partial charge in [0.1, 0.15) is 0 Å². The monoisotopic (exact) mass is 383 g/mol. The number of carbonyl (C=O) groups is 1. The molecule has 0 unspecified atom stereocenters. The van der Waals surface area contributed by atoms with Gasteiger partial charge in [-0.25, -0.2) is 0 Å². The topological polar surface area (TPSA) is 47.6 Å². The quantitative estimate of drug-likeness (QED) is 0.658. The van der Waals surface area contributed by atoms with Gasteiger partial charge in [-0.2, -0.15) is 0 Å². The molecule has 0 aliphatic heterocycles. The summed E-state index contributed by atoms with van der Waals surface area (Å²) >= 11 is 0. The van der Waals surface area contributed by atoms with Crippen molar-refractivity contribution in [2.75, 3.05) is 20.8 Å². The van der Waals surface area contributed by atoms with Gasteiger partial charge in [0.05, 0.1) is 14.2 Å². The first-order valence-corrected chi connectivity index (χ1v) is 10.7. The summed E-state index contributed by atoms with van der Waals surface area (Å²) < 4.78 is 10.9. The van der Waals surface area contributed by atoms with Gasteiger partial charge in [-0.1, -0.05) is 6.08 Å². The minimum absolute atomic E-state index is 0.0315. The van der Waals surface area contributed by atoms with E-state index in [4.69, 9.17) is 9.47 Å². The Balaban J connectivity index is 1.41. The zero-order chi connectivity index (χ0) is 19.7. The van der Waals surface area contributed by atoms with Gasteiger partial charge in [0.2, 0.25) is 0 Å². The molecule has 0 heterocycles. The van der Waals surface area contributed by atoms with Crippen LogP contribution >= 0.6 is 0 Å². The lowest BCUT2D eigenvalue weighted by Crippen LogP contribution is -2.47. The second kappa shape index (κ2) is 7.81. The smallest absolute Gasteiger partial charge is 0.251 e. The summed E-state index contributed by atoms with van der Waals surface area (Å²) in [6, 6.07) is 3.66. The van der Waals surface area contributed by atoms with Gasteiger partial charge in [0.25, 0.3) is 5.91 Å². The van der Waals surface area contributed by atoms with Crippen molar-refractivity contribution >= 4 is 5.91 Å². The Morgan fingerprint density at radius 2 is 1.79 bits per heavy atom. The van der Waals surface area contributed by atoms with Gasteiger partial charge in [-0.15, -0.1) is 6.58 Å². The fraction of sp³-hybridized carbons (Fsp3) is 0.625. The first-order valence-electron chi connectivity index (χ1n) is 10.7. The molecule has 0 saturated heterocycles. The molecule has 4 aliphatic carbocycles. The number of benzene rings is 1. The Morgan fingerprint density at radius 3 is 2.32 bits per heavy atom. The van der Waals surface area contributed by atoms with E-state index in [1.807, 2.05) is 12.1 Å². The molecular weight excluding hydrogens is 350 g/mol. The Labute approximate surface area is 168 Å². The third-order valence-electron chi connectivity index (χ3n) is 7.29. The highest BCUT2D eigenvalue weighted by molar-refractivity contribution is 5.95.